The summed E-state index contributed by atoms with van der Waals surface area (Å²) < 4.78 is 0. The summed E-state index contributed by atoms with van der Waals surface area (Å²) in [6, 6.07) is 2.45. The highest BCUT2D eigenvalue weighted by atomic mass is 35.5. The van der Waals surface area contributed by atoms with Crippen LogP contribution in [0.5, 0.6) is 0 Å². The van der Waals surface area contributed by atoms with Crippen LogP contribution in [0.4, 0.5) is 5.82 Å². The number of hydrogen-bond acceptors (Lipinski definition) is 3. The number of hydrogen-bond donors (Lipinski definition) is 1. The molecule has 0 unspecified atom stereocenters. The Morgan fingerprint density at radius 1 is 1.00 bits per heavy atom. The molecule has 4 aliphatic rings. The summed E-state index contributed by atoms with van der Waals surface area (Å²) in [6.45, 7) is 0. The molecule has 0 radical (unpaired) electrons. The van der Waals surface area contributed by atoms with Crippen LogP contribution >= 0.6 is 11.6 Å². The van der Waals surface area contributed by atoms with Crippen molar-refractivity contribution in [3.63, 3.8) is 0 Å². The van der Waals surface area contributed by atoms with Gasteiger partial charge in [0.25, 0.3) is 0 Å². The van der Waals surface area contributed by atoms with Crippen molar-refractivity contribution in [3.8, 4) is 0 Å². The van der Waals surface area contributed by atoms with Crippen LogP contribution in [0, 0.1) is 23.7 Å². The fraction of sp³-hybridized carbons (Fsp3) is 0.714. The minimum Gasteiger partial charge on any atom is -0.367 e. The summed E-state index contributed by atoms with van der Waals surface area (Å²) in [5, 5.41) is 4.15. The normalized spacial score (nSPS) is 41.1. The molecule has 96 valence electrons. The van der Waals surface area contributed by atoms with Crippen molar-refractivity contribution in [2.45, 2.75) is 38.1 Å². The van der Waals surface area contributed by atoms with Gasteiger partial charge in [0.1, 0.15) is 17.3 Å². The van der Waals surface area contributed by atoms with Gasteiger partial charge in [-0.05, 0) is 55.8 Å². The first-order valence-corrected chi connectivity index (χ1v) is 7.40. The highest BCUT2D eigenvalue weighted by Gasteiger charge is 2.48. The lowest BCUT2D eigenvalue weighted by Gasteiger charge is -2.54. The third-order valence-corrected chi connectivity index (χ3v) is 5.38. The van der Waals surface area contributed by atoms with Crippen LogP contribution in [0.3, 0.4) is 0 Å². The van der Waals surface area contributed by atoms with Gasteiger partial charge in [-0.1, -0.05) is 11.6 Å². The van der Waals surface area contributed by atoms with E-state index >= 15 is 0 Å². The highest BCUT2D eigenvalue weighted by molar-refractivity contribution is 6.29. The fourth-order valence-corrected chi connectivity index (χ4v) is 4.89. The zero-order chi connectivity index (χ0) is 12.1. The maximum atomic E-state index is 5.92. The van der Waals surface area contributed by atoms with E-state index in [0.717, 1.165) is 29.5 Å². The van der Waals surface area contributed by atoms with Crippen LogP contribution in [-0.2, 0) is 0 Å². The van der Waals surface area contributed by atoms with Crippen molar-refractivity contribution in [3.05, 3.63) is 17.5 Å². The third-order valence-electron chi connectivity index (χ3n) is 5.17. The molecule has 1 heterocycles. The van der Waals surface area contributed by atoms with Crippen molar-refractivity contribution in [1.82, 2.24) is 9.97 Å². The number of nitrogens with zero attached hydrogens (tertiary/aromatic N) is 2. The van der Waals surface area contributed by atoms with Crippen LogP contribution in [0.15, 0.2) is 12.4 Å². The fourth-order valence-electron chi connectivity index (χ4n) is 4.74. The Kier molecular flexibility index (Phi) is 2.51. The van der Waals surface area contributed by atoms with E-state index in [1.165, 1.54) is 32.1 Å². The molecule has 18 heavy (non-hydrogen) atoms. The highest BCUT2D eigenvalue weighted by Crippen LogP contribution is 2.54. The average Bonchev–Trinajstić information content (AvgIpc) is 2.33. The molecule has 4 bridgehead atoms. The Balaban J connectivity index is 1.55. The Morgan fingerprint density at radius 3 is 2.28 bits per heavy atom. The summed E-state index contributed by atoms with van der Waals surface area (Å²) in [4.78, 5) is 8.22. The zero-order valence-corrected chi connectivity index (χ0v) is 11.1. The maximum absolute atomic E-state index is 5.92. The quantitative estimate of drug-likeness (QED) is 0.832. The number of halogens is 1. The largest absolute Gasteiger partial charge is 0.367 e. The van der Waals surface area contributed by atoms with Gasteiger partial charge in [0.15, 0.2) is 0 Å². The van der Waals surface area contributed by atoms with Gasteiger partial charge in [0, 0.05) is 12.1 Å². The Bertz CT molecular complexity index is 434. The Hall–Kier alpha value is -0.830. The molecular formula is C14H18ClN3. The smallest absolute Gasteiger partial charge is 0.134 e. The lowest BCUT2D eigenvalue weighted by atomic mass is 9.54. The summed E-state index contributed by atoms with van der Waals surface area (Å²) in [7, 11) is 0. The average molecular weight is 264 g/mol. The molecule has 3 nitrogen and oxygen atoms in total. The van der Waals surface area contributed by atoms with Crippen molar-refractivity contribution in [2.75, 3.05) is 5.32 Å². The van der Waals surface area contributed by atoms with E-state index in [4.69, 9.17) is 11.6 Å². The van der Waals surface area contributed by atoms with Gasteiger partial charge >= 0.3 is 0 Å². The minimum atomic E-state index is 0.524. The van der Waals surface area contributed by atoms with E-state index in [9.17, 15) is 0 Å². The van der Waals surface area contributed by atoms with E-state index in [1.54, 1.807) is 6.33 Å². The van der Waals surface area contributed by atoms with Gasteiger partial charge < -0.3 is 5.32 Å². The molecule has 0 atom stereocenters. The predicted octanol–water partition coefficient (Wildman–Crippen LogP) is 3.37. The molecule has 0 aliphatic heterocycles. The zero-order valence-electron chi connectivity index (χ0n) is 10.3. The van der Waals surface area contributed by atoms with Crippen LogP contribution in [-0.4, -0.2) is 16.0 Å². The van der Waals surface area contributed by atoms with Crippen LogP contribution in [0.2, 0.25) is 5.15 Å². The van der Waals surface area contributed by atoms with E-state index in [0.29, 0.717) is 11.2 Å². The van der Waals surface area contributed by atoms with Crippen LogP contribution < -0.4 is 5.32 Å². The van der Waals surface area contributed by atoms with Gasteiger partial charge in [-0.15, -0.1) is 0 Å². The maximum Gasteiger partial charge on any atom is 0.134 e. The van der Waals surface area contributed by atoms with Gasteiger partial charge in [0.2, 0.25) is 0 Å². The van der Waals surface area contributed by atoms with Crippen molar-refractivity contribution < 1.29 is 0 Å². The molecule has 0 amide bonds. The predicted molar refractivity (Wildman–Crippen MR) is 71.5 cm³/mol. The minimum absolute atomic E-state index is 0.524. The number of rotatable bonds is 2. The first kappa shape index (κ1) is 11.0. The van der Waals surface area contributed by atoms with E-state index in [2.05, 4.69) is 15.3 Å². The summed E-state index contributed by atoms with van der Waals surface area (Å²) in [5.74, 6) is 4.64. The summed E-state index contributed by atoms with van der Waals surface area (Å²) in [5.41, 5.74) is 0. The van der Waals surface area contributed by atoms with E-state index < -0.39 is 0 Å². The van der Waals surface area contributed by atoms with Gasteiger partial charge in [-0.25, -0.2) is 9.97 Å². The second-order valence-electron chi connectivity index (χ2n) is 6.33. The standard InChI is InChI=1S/C14H18ClN3/c15-12-6-13(17-7-16-12)18-14-10-2-8-1-9(4-10)5-11(14)3-8/h6-11,14H,1-5H2,(H,16,17,18). The second-order valence-corrected chi connectivity index (χ2v) is 6.71. The summed E-state index contributed by atoms with van der Waals surface area (Å²) >= 11 is 5.92. The molecule has 4 aliphatic carbocycles. The molecule has 1 aromatic heterocycles. The molecule has 0 saturated heterocycles. The molecule has 5 rings (SSSR count). The third kappa shape index (κ3) is 1.80. The van der Waals surface area contributed by atoms with Gasteiger partial charge in [0.05, 0.1) is 0 Å². The molecule has 1 aromatic rings. The lowest BCUT2D eigenvalue weighted by Crippen LogP contribution is -2.51. The molecule has 4 heteroatoms. The van der Waals surface area contributed by atoms with Gasteiger partial charge in [-0.3, -0.25) is 0 Å². The topological polar surface area (TPSA) is 37.8 Å². The van der Waals surface area contributed by atoms with E-state index in [1.807, 2.05) is 6.07 Å². The molecule has 0 aromatic carbocycles. The van der Waals surface area contributed by atoms with Crippen LogP contribution in [0.25, 0.3) is 0 Å². The van der Waals surface area contributed by atoms with Crippen molar-refractivity contribution in [2.24, 2.45) is 23.7 Å². The van der Waals surface area contributed by atoms with Crippen LogP contribution in [0.1, 0.15) is 32.1 Å². The summed E-state index contributed by atoms with van der Waals surface area (Å²) in [6.07, 6.45) is 8.72. The first-order chi connectivity index (χ1) is 8.78. The lowest BCUT2D eigenvalue weighted by molar-refractivity contribution is 0.00741. The molecular weight excluding hydrogens is 246 g/mol. The van der Waals surface area contributed by atoms with E-state index in [-0.39, 0.29) is 0 Å². The van der Waals surface area contributed by atoms with Crippen molar-refractivity contribution >= 4 is 17.4 Å². The number of nitrogens with one attached hydrogen (secondary N) is 1. The van der Waals surface area contributed by atoms with Gasteiger partial charge in [-0.2, -0.15) is 0 Å². The monoisotopic (exact) mass is 263 g/mol. The molecule has 4 saturated carbocycles. The number of anilines is 1. The Labute approximate surface area is 112 Å². The second kappa shape index (κ2) is 4.09. The molecule has 4 fully saturated rings. The SMILES string of the molecule is Clc1cc(NC2C3CC4CC(C3)CC2C4)ncn1. The molecule has 1 N–H and O–H groups in total. The Morgan fingerprint density at radius 2 is 1.67 bits per heavy atom. The molecule has 0 spiro atoms. The number of aromatic nitrogens is 2. The first-order valence-electron chi connectivity index (χ1n) is 7.02. The van der Waals surface area contributed by atoms with Crippen molar-refractivity contribution in [1.29, 1.82) is 0 Å².